The van der Waals surface area contributed by atoms with E-state index in [4.69, 9.17) is 0 Å². The Bertz CT molecular complexity index is 516. The number of hydrogen-bond donors (Lipinski definition) is 1. The van der Waals surface area contributed by atoms with Crippen LogP contribution in [0.25, 0.3) is 0 Å². The molecule has 1 saturated heterocycles. The molecule has 0 saturated carbocycles. The number of piperidine rings is 1. The summed E-state index contributed by atoms with van der Waals surface area (Å²) >= 11 is 0. The van der Waals surface area contributed by atoms with E-state index < -0.39 is 0 Å². The van der Waals surface area contributed by atoms with E-state index in [9.17, 15) is 10.1 Å². The minimum atomic E-state index is -0.329. The van der Waals surface area contributed by atoms with Crippen molar-refractivity contribution < 1.29 is 4.92 Å². The average Bonchev–Trinajstić information content (AvgIpc) is 2.71. The summed E-state index contributed by atoms with van der Waals surface area (Å²) in [6.07, 6.45) is 3.39. The second-order valence-electron chi connectivity index (χ2n) is 6.27. The Kier molecular flexibility index (Phi) is 4.51. The first kappa shape index (κ1) is 15.8. The van der Waals surface area contributed by atoms with Gasteiger partial charge in [-0.3, -0.25) is 15.5 Å². The van der Waals surface area contributed by atoms with Crippen molar-refractivity contribution in [1.82, 2.24) is 14.8 Å². The zero-order valence-electron chi connectivity index (χ0n) is 13.5. The number of aryl methyl sites for hydroxylation is 1. The topological polar surface area (TPSA) is 76.2 Å². The van der Waals surface area contributed by atoms with E-state index in [1.807, 2.05) is 13.8 Å². The van der Waals surface area contributed by atoms with Crippen LogP contribution in [0.1, 0.15) is 58.6 Å². The molecule has 1 fully saturated rings. The van der Waals surface area contributed by atoms with Gasteiger partial charge < -0.3 is 0 Å². The number of rotatable bonds is 4. The fourth-order valence-electron chi connectivity index (χ4n) is 2.99. The molecule has 118 valence electrons. The Labute approximate surface area is 125 Å². The lowest BCUT2D eigenvalue weighted by Gasteiger charge is -2.39. The lowest BCUT2D eigenvalue weighted by Crippen LogP contribution is -2.47. The first-order valence-electron chi connectivity index (χ1n) is 7.59. The van der Waals surface area contributed by atoms with Crippen LogP contribution in [0.3, 0.4) is 0 Å². The van der Waals surface area contributed by atoms with Crippen LogP contribution in [0.5, 0.6) is 0 Å². The Morgan fingerprint density at radius 3 is 2.38 bits per heavy atom. The zero-order valence-corrected chi connectivity index (χ0v) is 13.5. The van der Waals surface area contributed by atoms with Crippen LogP contribution in [0, 0.1) is 10.1 Å². The van der Waals surface area contributed by atoms with E-state index in [0.29, 0.717) is 23.6 Å². The lowest BCUT2D eigenvalue weighted by atomic mass is 10.00. The van der Waals surface area contributed by atoms with Gasteiger partial charge in [-0.1, -0.05) is 20.3 Å². The normalized spacial score (nSPS) is 23.5. The van der Waals surface area contributed by atoms with Crippen molar-refractivity contribution in [2.45, 2.75) is 65.0 Å². The predicted molar refractivity (Wildman–Crippen MR) is 82.2 cm³/mol. The highest BCUT2D eigenvalue weighted by Crippen LogP contribution is 2.34. The first-order chi connectivity index (χ1) is 9.82. The lowest BCUT2D eigenvalue weighted by molar-refractivity contribution is -0.384. The molecule has 7 nitrogen and oxygen atoms in total. The van der Waals surface area contributed by atoms with Crippen molar-refractivity contribution in [2.75, 3.05) is 5.43 Å². The molecule has 21 heavy (non-hydrogen) atoms. The molecule has 1 N–H and O–H groups in total. The van der Waals surface area contributed by atoms with Gasteiger partial charge in [0.25, 0.3) is 0 Å². The van der Waals surface area contributed by atoms with Gasteiger partial charge in [0.2, 0.25) is 5.82 Å². The van der Waals surface area contributed by atoms with Crippen LogP contribution in [-0.2, 0) is 7.05 Å². The highest BCUT2D eigenvalue weighted by atomic mass is 16.6. The molecule has 1 aliphatic heterocycles. The number of nitrogens with one attached hydrogen (secondary N) is 1. The summed E-state index contributed by atoms with van der Waals surface area (Å²) in [5, 5.41) is 17.9. The molecule has 1 aromatic rings. The Morgan fingerprint density at radius 2 is 1.90 bits per heavy atom. The minimum Gasteiger partial charge on any atom is -0.297 e. The summed E-state index contributed by atoms with van der Waals surface area (Å²) in [7, 11) is 1.75. The van der Waals surface area contributed by atoms with Crippen LogP contribution < -0.4 is 5.43 Å². The van der Waals surface area contributed by atoms with Crippen molar-refractivity contribution in [2.24, 2.45) is 7.05 Å². The third kappa shape index (κ3) is 3.02. The molecule has 2 heterocycles. The molecule has 0 aromatic carbocycles. The van der Waals surface area contributed by atoms with E-state index in [1.165, 1.54) is 6.42 Å². The van der Waals surface area contributed by atoms with E-state index in [-0.39, 0.29) is 16.5 Å². The Balaban J connectivity index is 2.37. The summed E-state index contributed by atoms with van der Waals surface area (Å²) in [6.45, 7) is 8.14. The van der Waals surface area contributed by atoms with Gasteiger partial charge in [0.1, 0.15) is 5.69 Å². The van der Waals surface area contributed by atoms with E-state index in [1.54, 1.807) is 11.7 Å². The van der Waals surface area contributed by atoms with E-state index in [2.05, 4.69) is 29.4 Å². The number of hydrogen-bond acceptors (Lipinski definition) is 5. The molecule has 0 radical (unpaired) electrons. The molecule has 0 amide bonds. The monoisotopic (exact) mass is 295 g/mol. The molecular formula is C14H25N5O2. The van der Waals surface area contributed by atoms with Crippen LogP contribution in [0.2, 0.25) is 0 Å². The predicted octanol–water partition coefficient (Wildman–Crippen LogP) is 3.04. The average molecular weight is 295 g/mol. The van der Waals surface area contributed by atoms with E-state index >= 15 is 0 Å². The van der Waals surface area contributed by atoms with Gasteiger partial charge in [-0.05, 0) is 26.7 Å². The number of anilines is 1. The van der Waals surface area contributed by atoms with Crippen molar-refractivity contribution in [3.8, 4) is 0 Å². The molecule has 2 atom stereocenters. The quantitative estimate of drug-likeness (QED) is 0.682. The Morgan fingerprint density at radius 1 is 1.33 bits per heavy atom. The molecule has 1 aromatic heterocycles. The van der Waals surface area contributed by atoms with Gasteiger partial charge >= 0.3 is 5.69 Å². The highest BCUT2D eigenvalue weighted by Gasteiger charge is 2.32. The molecule has 0 aliphatic carbocycles. The molecule has 0 bridgehead atoms. The maximum Gasteiger partial charge on any atom is 0.335 e. The summed E-state index contributed by atoms with van der Waals surface area (Å²) in [6, 6.07) is 0.705. The van der Waals surface area contributed by atoms with Crippen molar-refractivity contribution >= 4 is 11.5 Å². The van der Waals surface area contributed by atoms with Crippen molar-refractivity contribution in [3.05, 3.63) is 15.8 Å². The third-order valence-corrected chi connectivity index (χ3v) is 4.21. The number of hydrazine groups is 1. The highest BCUT2D eigenvalue weighted by molar-refractivity contribution is 5.60. The van der Waals surface area contributed by atoms with Crippen LogP contribution in [0.15, 0.2) is 0 Å². The summed E-state index contributed by atoms with van der Waals surface area (Å²) in [5.41, 5.74) is 3.89. The summed E-state index contributed by atoms with van der Waals surface area (Å²) in [4.78, 5) is 11.1. The maximum atomic E-state index is 11.5. The van der Waals surface area contributed by atoms with Crippen LogP contribution in [-0.4, -0.2) is 31.8 Å². The molecular weight excluding hydrogens is 270 g/mol. The zero-order chi connectivity index (χ0) is 15.7. The number of nitrogens with zero attached hydrogens (tertiary/aromatic N) is 4. The number of nitro groups is 1. The van der Waals surface area contributed by atoms with Gasteiger partial charge in [-0.25, -0.2) is 9.69 Å². The van der Waals surface area contributed by atoms with E-state index in [0.717, 1.165) is 12.8 Å². The van der Waals surface area contributed by atoms with Crippen LogP contribution >= 0.6 is 0 Å². The van der Waals surface area contributed by atoms with Crippen molar-refractivity contribution in [1.29, 1.82) is 0 Å². The van der Waals surface area contributed by atoms with Gasteiger partial charge in [-0.2, -0.15) is 5.10 Å². The van der Waals surface area contributed by atoms with Crippen LogP contribution in [0.4, 0.5) is 11.5 Å². The summed E-state index contributed by atoms with van der Waals surface area (Å²) in [5.74, 6) is 0.493. The third-order valence-electron chi connectivity index (χ3n) is 4.21. The fraction of sp³-hybridized carbons (Fsp3) is 0.786. The van der Waals surface area contributed by atoms with Gasteiger partial charge in [0, 0.05) is 25.0 Å². The molecule has 0 spiro atoms. The second kappa shape index (κ2) is 6.01. The fourth-order valence-corrected chi connectivity index (χ4v) is 2.99. The number of aromatic nitrogens is 2. The summed E-state index contributed by atoms with van der Waals surface area (Å²) < 4.78 is 1.58. The maximum absolute atomic E-state index is 11.5. The first-order valence-corrected chi connectivity index (χ1v) is 7.59. The van der Waals surface area contributed by atoms with Crippen molar-refractivity contribution in [3.63, 3.8) is 0 Å². The molecule has 7 heteroatoms. The molecule has 2 unspecified atom stereocenters. The SMILES string of the molecule is CC(C)c1nn(C)c(NN2C(C)CCCC2C)c1[N+](=O)[O-]. The van der Waals surface area contributed by atoms with Gasteiger partial charge in [0.05, 0.1) is 4.92 Å². The smallest absolute Gasteiger partial charge is 0.297 e. The molecule has 2 rings (SSSR count). The largest absolute Gasteiger partial charge is 0.335 e. The minimum absolute atomic E-state index is 0.0170. The van der Waals surface area contributed by atoms with Gasteiger partial charge in [0.15, 0.2) is 0 Å². The van der Waals surface area contributed by atoms with Gasteiger partial charge in [-0.15, -0.1) is 0 Å². The standard InChI is InChI=1S/C14H25N5O2/c1-9(2)12-13(19(20)21)14(17(5)15-12)16-18-10(3)7-6-8-11(18)4/h9-11,16H,6-8H2,1-5H3. The Hall–Kier alpha value is -1.63. The second-order valence-corrected chi connectivity index (χ2v) is 6.27. The molecule has 1 aliphatic rings.